The SMILES string of the molecule is CSC(=O)NC1CCN(Cc2ccccc2)CC1. The lowest BCUT2D eigenvalue weighted by molar-refractivity contribution is 0.192. The second-order valence-electron chi connectivity index (χ2n) is 4.67. The number of carbonyl (C=O) groups excluding carboxylic acids is 1. The monoisotopic (exact) mass is 264 g/mol. The molecule has 2 rings (SSSR count). The van der Waals surface area contributed by atoms with E-state index in [1.54, 1.807) is 0 Å². The van der Waals surface area contributed by atoms with E-state index in [4.69, 9.17) is 0 Å². The summed E-state index contributed by atoms with van der Waals surface area (Å²) in [6, 6.07) is 10.9. The van der Waals surface area contributed by atoms with Gasteiger partial charge in [0.2, 0.25) is 0 Å². The van der Waals surface area contributed by atoms with Crippen molar-refractivity contribution in [2.75, 3.05) is 19.3 Å². The van der Waals surface area contributed by atoms with E-state index in [0.29, 0.717) is 6.04 Å². The van der Waals surface area contributed by atoms with Crippen LogP contribution < -0.4 is 5.32 Å². The zero-order chi connectivity index (χ0) is 12.8. The molecule has 0 aromatic heterocycles. The molecule has 0 saturated carbocycles. The van der Waals surface area contributed by atoms with E-state index in [1.165, 1.54) is 17.3 Å². The second kappa shape index (κ2) is 6.81. The average molecular weight is 264 g/mol. The maximum Gasteiger partial charge on any atom is 0.278 e. The summed E-state index contributed by atoms with van der Waals surface area (Å²) in [6.07, 6.45) is 3.93. The Morgan fingerprint density at radius 2 is 2.00 bits per heavy atom. The van der Waals surface area contributed by atoms with Crippen molar-refractivity contribution in [3.8, 4) is 0 Å². The molecule has 1 aromatic carbocycles. The number of amides is 1. The van der Waals surface area contributed by atoms with Crippen molar-refractivity contribution in [2.45, 2.75) is 25.4 Å². The minimum absolute atomic E-state index is 0.0940. The lowest BCUT2D eigenvalue weighted by Crippen LogP contribution is -2.43. The molecule has 0 atom stereocenters. The Balaban J connectivity index is 1.75. The molecule has 0 bridgehead atoms. The highest BCUT2D eigenvalue weighted by Crippen LogP contribution is 2.14. The number of hydrogen-bond acceptors (Lipinski definition) is 3. The molecule has 1 aliphatic heterocycles. The van der Waals surface area contributed by atoms with Crippen molar-refractivity contribution in [1.29, 1.82) is 0 Å². The van der Waals surface area contributed by atoms with Gasteiger partial charge in [0.15, 0.2) is 0 Å². The van der Waals surface area contributed by atoms with Crippen LogP contribution in [0.1, 0.15) is 18.4 Å². The van der Waals surface area contributed by atoms with Crippen molar-refractivity contribution in [2.24, 2.45) is 0 Å². The van der Waals surface area contributed by atoms with E-state index in [2.05, 4.69) is 34.5 Å². The maximum atomic E-state index is 11.3. The molecule has 4 heteroatoms. The van der Waals surface area contributed by atoms with Crippen molar-refractivity contribution in [3.05, 3.63) is 35.9 Å². The maximum absolute atomic E-state index is 11.3. The third kappa shape index (κ3) is 4.03. The number of likely N-dealkylation sites (tertiary alicyclic amines) is 1. The van der Waals surface area contributed by atoms with E-state index in [9.17, 15) is 4.79 Å². The summed E-state index contributed by atoms with van der Waals surface area (Å²) < 4.78 is 0. The summed E-state index contributed by atoms with van der Waals surface area (Å²) >= 11 is 1.26. The Hall–Kier alpha value is -1.00. The minimum atomic E-state index is 0.0940. The molecule has 0 aliphatic carbocycles. The molecule has 1 N–H and O–H groups in total. The van der Waals surface area contributed by atoms with Crippen LogP contribution in [0.2, 0.25) is 0 Å². The molecule has 1 aliphatic rings. The minimum Gasteiger partial charge on any atom is -0.344 e. The number of thioether (sulfide) groups is 1. The fourth-order valence-electron chi connectivity index (χ4n) is 2.30. The number of rotatable bonds is 3. The fourth-order valence-corrected chi connectivity index (χ4v) is 2.59. The average Bonchev–Trinajstić information content (AvgIpc) is 2.42. The van der Waals surface area contributed by atoms with Crippen LogP contribution in [0.15, 0.2) is 30.3 Å². The zero-order valence-corrected chi connectivity index (χ0v) is 11.6. The van der Waals surface area contributed by atoms with E-state index in [0.717, 1.165) is 32.5 Å². The molecule has 0 spiro atoms. The normalized spacial score (nSPS) is 17.6. The van der Waals surface area contributed by atoms with Gasteiger partial charge in [0.25, 0.3) is 5.24 Å². The molecule has 1 heterocycles. The van der Waals surface area contributed by atoms with Gasteiger partial charge in [-0.25, -0.2) is 0 Å². The van der Waals surface area contributed by atoms with Gasteiger partial charge in [-0.05, 0) is 24.7 Å². The summed E-state index contributed by atoms with van der Waals surface area (Å²) in [4.78, 5) is 13.7. The smallest absolute Gasteiger partial charge is 0.278 e. The van der Waals surface area contributed by atoms with Gasteiger partial charge in [0.05, 0.1) is 0 Å². The first-order valence-corrected chi connectivity index (χ1v) is 7.61. The van der Waals surface area contributed by atoms with Crippen LogP contribution in [0.5, 0.6) is 0 Å². The highest BCUT2D eigenvalue weighted by molar-refractivity contribution is 8.12. The summed E-state index contributed by atoms with van der Waals surface area (Å²) in [5.41, 5.74) is 1.36. The molecular formula is C14H20N2OS. The van der Waals surface area contributed by atoms with Crippen molar-refractivity contribution >= 4 is 17.0 Å². The van der Waals surface area contributed by atoms with Gasteiger partial charge >= 0.3 is 0 Å². The number of carbonyl (C=O) groups is 1. The molecule has 1 amide bonds. The van der Waals surface area contributed by atoms with E-state index >= 15 is 0 Å². The number of benzene rings is 1. The highest BCUT2D eigenvalue weighted by atomic mass is 32.2. The zero-order valence-electron chi connectivity index (χ0n) is 10.8. The van der Waals surface area contributed by atoms with Gasteiger partial charge in [0.1, 0.15) is 0 Å². The Morgan fingerprint density at radius 1 is 1.33 bits per heavy atom. The number of nitrogens with zero attached hydrogens (tertiary/aromatic N) is 1. The Bertz CT molecular complexity index is 375. The van der Waals surface area contributed by atoms with Gasteiger partial charge in [-0.3, -0.25) is 9.69 Å². The third-order valence-corrected chi connectivity index (χ3v) is 3.83. The van der Waals surface area contributed by atoms with Gasteiger partial charge < -0.3 is 5.32 Å². The van der Waals surface area contributed by atoms with Crippen molar-refractivity contribution in [1.82, 2.24) is 10.2 Å². The summed E-state index contributed by atoms with van der Waals surface area (Å²) in [5.74, 6) is 0. The topological polar surface area (TPSA) is 32.3 Å². The lowest BCUT2D eigenvalue weighted by Gasteiger charge is -2.32. The Kier molecular flexibility index (Phi) is 5.08. The Labute approximate surface area is 113 Å². The number of nitrogens with one attached hydrogen (secondary N) is 1. The molecule has 3 nitrogen and oxygen atoms in total. The largest absolute Gasteiger partial charge is 0.344 e. The van der Waals surface area contributed by atoms with Crippen LogP contribution in [-0.2, 0) is 6.54 Å². The van der Waals surface area contributed by atoms with E-state index in [1.807, 2.05) is 12.3 Å². The highest BCUT2D eigenvalue weighted by Gasteiger charge is 2.20. The number of hydrogen-bond donors (Lipinski definition) is 1. The Morgan fingerprint density at radius 3 is 2.61 bits per heavy atom. The molecule has 1 saturated heterocycles. The van der Waals surface area contributed by atoms with Crippen LogP contribution >= 0.6 is 11.8 Å². The molecular weight excluding hydrogens is 244 g/mol. The van der Waals surface area contributed by atoms with E-state index < -0.39 is 0 Å². The number of piperidine rings is 1. The standard InChI is InChI=1S/C14H20N2OS/c1-18-14(17)15-13-7-9-16(10-8-13)11-12-5-3-2-4-6-12/h2-6,13H,7-11H2,1H3,(H,15,17). The van der Waals surface area contributed by atoms with Gasteiger partial charge in [-0.1, -0.05) is 42.1 Å². The molecule has 0 unspecified atom stereocenters. The predicted octanol–water partition coefficient (Wildman–Crippen LogP) is 2.72. The quantitative estimate of drug-likeness (QED) is 0.911. The van der Waals surface area contributed by atoms with E-state index in [-0.39, 0.29) is 5.24 Å². The first-order chi connectivity index (χ1) is 8.78. The first-order valence-electron chi connectivity index (χ1n) is 6.38. The molecule has 18 heavy (non-hydrogen) atoms. The fraction of sp³-hybridized carbons (Fsp3) is 0.500. The third-order valence-electron chi connectivity index (χ3n) is 3.34. The van der Waals surface area contributed by atoms with Crippen LogP contribution in [0.4, 0.5) is 4.79 Å². The molecule has 1 aromatic rings. The summed E-state index contributed by atoms with van der Waals surface area (Å²) in [6.45, 7) is 3.15. The van der Waals surface area contributed by atoms with Crippen molar-refractivity contribution in [3.63, 3.8) is 0 Å². The molecule has 1 fully saturated rings. The van der Waals surface area contributed by atoms with Crippen LogP contribution in [-0.4, -0.2) is 35.5 Å². The van der Waals surface area contributed by atoms with Crippen LogP contribution in [0.3, 0.4) is 0 Å². The predicted molar refractivity (Wildman–Crippen MR) is 76.8 cm³/mol. The van der Waals surface area contributed by atoms with Crippen LogP contribution in [0, 0.1) is 0 Å². The lowest BCUT2D eigenvalue weighted by atomic mass is 10.0. The second-order valence-corrected chi connectivity index (χ2v) is 5.45. The van der Waals surface area contributed by atoms with Crippen LogP contribution in [0.25, 0.3) is 0 Å². The van der Waals surface area contributed by atoms with Gasteiger partial charge in [0, 0.05) is 25.7 Å². The molecule has 0 radical (unpaired) electrons. The summed E-state index contributed by atoms with van der Waals surface area (Å²) in [5, 5.41) is 3.14. The van der Waals surface area contributed by atoms with Gasteiger partial charge in [-0.15, -0.1) is 0 Å². The molecule has 98 valence electrons. The van der Waals surface area contributed by atoms with Gasteiger partial charge in [-0.2, -0.15) is 0 Å². The van der Waals surface area contributed by atoms with Crippen molar-refractivity contribution < 1.29 is 4.79 Å². The first kappa shape index (κ1) is 13.4. The summed E-state index contributed by atoms with van der Waals surface area (Å²) in [7, 11) is 0.